The lowest BCUT2D eigenvalue weighted by Crippen LogP contribution is -2.04. The molecule has 14 heavy (non-hydrogen) atoms. The fraction of sp³-hybridized carbons (Fsp3) is 0.300. The molecule has 1 aromatic heterocycles. The first-order valence-electron chi connectivity index (χ1n) is 4.24. The van der Waals surface area contributed by atoms with Crippen molar-refractivity contribution in [2.45, 2.75) is 13.8 Å². The van der Waals surface area contributed by atoms with Gasteiger partial charge >= 0.3 is 5.97 Å². The van der Waals surface area contributed by atoms with Gasteiger partial charge in [0.25, 0.3) is 0 Å². The molecule has 1 rings (SSSR count). The van der Waals surface area contributed by atoms with Crippen LogP contribution in [-0.2, 0) is 9.53 Å². The Labute approximate surface area is 95.7 Å². The molecule has 4 heteroatoms. The molecule has 0 saturated carbocycles. The average Bonchev–Trinajstić information content (AvgIpc) is 2.51. The Morgan fingerprint density at radius 2 is 2.36 bits per heavy atom. The van der Waals surface area contributed by atoms with Crippen LogP contribution in [0.4, 0.5) is 0 Å². The summed E-state index contributed by atoms with van der Waals surface area (Å²) < 4.78 is 5.92. The number of esters is 1. The van der Waals surface area contributed by atoms with Gasteiger partial charge in [0.2, 0.25) is 0 Å². The number of halogens is 1. The smallest absolute Gasteiger partial charge is 0.333 e. The highest BCUT2D eigenvalue weighted by molar-refractivity contribution is 9.11. The molecule has 0 aliphatic rings. The first-order valence-corrected chi connectivity index (χ1v) is 5.85. The second kappa shape index (κ2) is 5.32. The van der Waals surface area contributed by atoms with Crippen LogP contribution in [0.15, 0.2) is 21.5 Å². The van der Waals surface area contributed by atoms with Crippen LogP contribution >= 0.6 is 27.3 Å². The molecule has 1 heterocycles. The van der Waals surface area contributed by atoms with Crippen LogP contribution < -0.4 is 0 Å². The maximum absolute atomic E-state index is 11.3. The third-order valence-corrected chi connectivity index (χ3v) is 3.12. The van der Waals surface area contributed by atoms with E-state index in [2.05, 4.69) is 15.9 Å². The van der Waals surface area contributed by atoms with Gasteiger partial charge in [-0.3, -0.25) is 0 Å². The van der Waals surface area contributed by atoms with Crippen molar-refractivity contribution in [1.29, 1.82) is 0 Å². The molecule has 0 atom stereocenters. The average molecular weight is 275 g/mol. The second-order valence-corrected chi connectivity index (χ2v) is 5.18. The van der Waals surface area contributed by atoms with Gasteiger partial charge in [-0.25, -0.2) is 4.79 Å². The Hall–Kier alpha value is -0.610. The maximum atomic E-state index is 11.3. The van der Waals surface area contributed by atoms with Gasteiger partial charge in [0.05, 0.1) is 10.4 Å². The van der Waals surface area contributed by atoms with E-state index in [0.717, 1.165) is 8.66 Å². The SMILES string of the molecule is CCOC(=O)/C(C)=C/c1ccc(Br)s1. The van der Waals surface area contributed by atoms with Crippen molar-refractivity contribution in [2.24, 2.45) is 0 Å². The van der Waals surface area contributed by atoms with E-state index < -0.39 is 0 Å². The summed E-state index contributed by atoms with van der Waals surface area (Å²) in [6, 6.07) is 3.91. The Morgan fingerprint density at radius 3 is 2.86 bits per heavy atom. The third kappa shape index (κ3) is 3.27. The Morgan fingerprint density at radius 1 is 1.64 bits per heavy atom. The van der Waals surface area contributed by atoms with Gasteiger partial charge in [0.15, 0.2) is 0 Å². The van der Waals surface area contributed by atoms with Crippen molar-refractivity contribution in [3.63, 3.8) is 0 Å². The van der Waals surface area contributed by atoms with Gasteiger partial charge in [-0.15, -0.1) is 11.3 Å². The number of carbonyl (C=O) groups is 1. The lowest BCUT2D eigenvalue weighted by atomic mass is 10.2. The van der Waals surface area contributed by atoms with E-state index in [1.54, 1.807) is 25.2 Å². The summed E-state index contributed by atoms with van der Waals surface area (Å²) >= 11 is 4.95. The predicted molar refractivity (Wildman–Crippen MR) is 62.3 cm³/mol. The summed E-state index contributed by atoms with van der Waals surface area (Å²) in [7, 11) is 0. The van der Waals surface area contributed by atoms with Crippen molar-refractivity contribution >= 4 is 39.3 Å². The Bertz CT molecular complexity index is 355. The number of rotatable bonds is 3. The normalized spacial score (nSPS) is 11.5. The van der Waals surface area contributed by atoms with Crippen molar-refractivity contribution < 1.29 is 9.53 Å². The molecular weight excluding hydrogens is 264 g/mol. The highest BCUT2D eigenvalue weighted by atomic mass is 79.9. The van der Waals surface area contributed by atoms with Crippen LogP contribution in [0, 0.1) is 0 Å². The Kier molecular flexibility index (Phi) is 4.35. The van der Waals surface area contributed by atoms with Gasteiger partial charge in [0, 0.05) is 10.5 Å². The zero-order valence-corrected chi connectivity index (χ0v) is 10.4. The first kappa shape index (κ1) is 11.5. The second-order valence-electron chi connectivity index (χ2n) is 2.69. The van der Waals surface area contributed by atoms with E-state index in [4.69, 9.17) is 4.74 Å². The molecule has 0 radical (unpaired) electrons. The quantitative estimate of drug-likeness (QED) is 0.623. The Balaban J connectivity index is 2.73. The summed E-state index contributed by atoms with van der Waals surface area (Å²) in [5.41, 5.74) is 0.626. The van der Waals surface area contributed by atoms with Crippen LogP contribution in [-0.4, -0.2) is 12.6 Å². The van der Waals surface area contributed by atoms with E-state index in [1.165, 1.54) is 0 Å². The molecule has 0 spiro atoms. The van der Waals surface area contributed by atoms with Gasteiger partial charge in [-0.1, -0.05) is 0 Å². The molecule has 0 saturated heterocycles. The topological polar surface area (TPSA) is 26.3 Å². The first-order chi connectivity index (χ1) is 6.63. The summed E-state index contributed by atoms with van der Waals surface area (Å²) in [4.78, 5) is 12.3. The van der Waals surface area contributed by atoms with Crippen LogP contribution in [0.25, 0.3) is 6.08 Å². The number of ether oxygens (including phenoxy) is 1. The van der Waals surface area contributed by atoms with Gasteiger partial charge in [-0.2, -0.15) is 0 Å². The molecule has 76 valence electrons. The van der Waals surface area contributed by atoms with Gasteiger partial charge < -0.3 is 4.74 Å². The minimum Gasteiger partial charge on any atom is -0.463 e. The third-order valence-electron chi connectivity index (χ3n) is 1.55. The van der Waals surface area contributed by atoms with E-state index in [0.29, 0.717) is 12.2 Å². The standard InChI is InChI=1S/C10H11BrO2S/c1-3-13-10(12)7(2)6-8-4-5-9(11)14-8/h4-6H,3H2,1-2H3/b7-6+. The minimum absolute atomic E-state index is 0.253. The van der Waals surface area contributed by atoms with Crippen LogP contribution in [0.5, 0.6) is 0 Å². The monoisotopic (exact) mass is 274 g/mol. The van der Waals surface area contributed by atoms with Crippen molar-refractivity contribution in [3.05, 3.63) is 26.4 Å². The molecule has 1 aromatic rings. The largest absolute Gasteiger partial charge is 0.463 e. The van der Waals surface area contributed by atoms with Crippen LogP contribution in [0.3, 0.4) is 0 Å². The number of hydrogen-bond donors (Lipinski definition) is 0. The highest BCUT2D eigenvalue weighted by Crippen LogP contribution is 2.24. The summed E-state index contributed by atoms with van der Waals surface area (Å²) in [6.45, 7) is 3.97. The molecule has 0 aliphatic heterocycles. The molecular formula is C10H11BrO2S. The molecule has 0 N–H and O–H groups in total. The lowest BCUT2D eigenvalue weighted by molar-refractivity contribution is -0.138. The van der Waals surface area contributed by atoms with Gasteiger partial charge in [0.1, 0.15) is 0 Å². The fourth-order valence-electron chi connectivity index (χ4n) is 0.923. The summed E-state index contributed by atoms with van der Waals surface area (Å²) in [5, 5.41) is 0. The maximum Gasteiger partial charge on any atom is 0.333 e. The van der Waals surface area contributed by atoms with Gasteiger partial charge in [-0.05, 0) is 48.0 Å². The molecule has 2 nitrogen and oxygen atoms in total. The number of thiophene rings is 1. The zero-order chi connectivity index (χ0) is 10.6. The van der Waals surface area contributed by atoms with Crippen molar-refractivity contribution in [2.75, 3.05) is 6.61 Å². The molecule has 0 unspecified atom stereocenters. The van der Waals surface area contributed by atoms with E-state index in [-0.39, 0.29) is 5.97 Å². The zero-order valence-electron chi connectivity index (χ0n) is 8.04. The highest BCUT2D eigenvalue weighted by Gasteiger charge is 2.04. The van der Waals surface area contributed by atoms with Crippen LogP contribution in [0.2, 0.25) is 0 Å². The molecule has 0 fully saturated rings. The van der Waals surface area contributed by atoms with Crippen molar-refractivity contribution in [1.82, 2.24) is 0 Å². The number of hydrogen-bond acceptors (Lipinski definition) is 3. The van der Waals surface area contributed by atoms with E-state index in [1.807, 2.05) is 18.2 Å². The lowest BCUT2D eigenvalue weighted by Gasteiger charge is -1.99. The molecule has 0 aromatic carbocycles. The summed E-state index contributed by atoms with van der Waals surface area (Å²) in [5.74, 6) is -0.253. The molecule has 0 amide bonds. The summed E-state index contributed by atoms with van der Waals surface area (Å²) in [6.07, 6.45) is 1.83. The predicted octanol–water partition coefficient (Wildman–Crippen LogP) is 3.48. The van der Waals surface area contributed by atoms with Crippen LogP contribution in [0.1, 0.15) is 18.7 Å². The van der Waals surface area contributed by atoms with E-state index >= 15 is 0 Å². The molecule has 0 aliphatic carbocycles. The van der Waals surface area contributed by atoms with Crippen molar-refractivity contribution in [3.8, 4) is 0 Å². The molecule has 0 bridgehead atoms. The van der Waals surface area contributed by atoms with E-state index in [9.17, 15) is 4.79 Å². The minimum atomic E-state index is -0.253. The number of carbonyl (C=O) groups excluding carboxylic acids is 1. The fourth-order valence-corrected chi connectivity index (χ4v) is 2.35.